The monoisotopic (exact) mass is 273 g/mol. The van der Waals surface area contributed by atoms with E-state index in [1.54, 1.807) is 0 Å². The Bertz CT molecular complexity index is 492. The Morgan fingerprint density at radius 1 is 1.37 bits per heavy atom. The quantitative estimate of drug-likeness (QED) is 0.371. The van der Waals surface area contributed by atoms with Gasteiger partial charge in [0.05, 0.1) is 6.61 Å². The van der Waals surface area contributed by atoms with Crippen molar-refractivity contribution in [1.82, 2.24) is 9.55 Å². The summed E-state index contributed by atoms with van der Waals surface area (Å²) in [5.41, 5.74) is -0.715. The van der Waals surface area contributed by atoms with Gasteiger partial charge in [0.1, 0.15) is 30.9 Å². The van der Waals surface area contributed by atoms with E-state index in [9.17, 15) is 15.0 Å². The number of nitrogens with one attached hydrogen (secondary N) is 1. The van der Waals surface area contributed by atoms with Crippen molar-refractivity contribution in [2.24, 2.45) is 0 Å². The molecule has 1 fully saturated rings. The first-order valence-corrected chi connectivity index (χ1v) is 5.65. The Labute approximate surface area is 107 Å². The van der Waals surface area contributed by atoms with E-state index in [1.807, 2.05) is 0 Å². The van der Waals surface area contributed by atoms with Gasteiger partial charge in [-0.15, -0.1) is 0 Å². The molecule has 0 spiro atoms. The largest absolute Gasteiger partial charge is 0.394 e. The fourth-order valence-electron chi connectivity index (χ4n) is 1.90. The minimum absolute atomic E-state index is 0.176. The Hall–Kier alpha value is -1.52. The van der Waals surface area contributed by atoms with Crippen LogP contribution >= 0.6 is 0 Å². The number of aliphatic hydroxyl groups is 4. The van der Waals surface area contributed by atoms with Crippen LogP contribution in [0.25, 0.3) is 0 Å². The van der Waals surface area contributed by atoms with Crippen LogP contribution in [0.5, 0.6) is 0 Å². The molecule has 1 aromatic heterocycles. The summed E-state index contributed by atoms with van der Waals surface area (Å²) in [5.74, 6) is 0.176. The second kappa shape index (κ2) is 5.63. The second-order valence-electron chi connectivity index (χ2n) is 4.07. The maximum Gasteiger partial charge on any atom is 0.351 e. The first-order valence-electron chi connectivity index (χ1n) is 5.65. The summed E-state index contributed by atoms with van der Waals surface area (Å²) in [4.78, 5) is 15.4. The van der Waals surface area contributed by atoms with Gasteiger partial charge in [-0.2, -0.15) is 4.98 Å². The molecule has 0 aromatic carbocycles. The molecule has 1 aliphatic heterocycles. The van der Waals surface area contributed by atoms with Crippen LogP contribution in [-0.2, 0) is 4.74 Å². The van der Waals surface area contributed by atoms with Crippen molar-refractivity contribution < 1.29 is 25.2 Å². The predicted octanol–water partition coefficient (Wildman–Crippen LogP) is -2.78. The fraction of sp³-hybridized carbons (Fsp3) is 0.600. The van der Waals surface area contributed by atoms with Crippen molar-refractivity contribution in [3.8, 4) is 0 Å². The summed E-state index contributed by atoms with van der Waals surface area (Å²) in [6.07, 6.45) is -3.38. The van der Waals surface area contributed by atoms with Crippen molar-refractivity contribution in [3.63, 3.8) is 0 Å². The maximum absolute atomic E-state index is 11.7. The van der Waals surface area contributed by atoms with Gasteiger partial charge in [-0.3, -0.25) is 4.57 Å². The third-order valence-corrected chi connectivity index (χ3v) is 2.88. The van der Waals surface area contributed by atoms with Gasteiger partial charge in [-0.1, -0.05) is 0 Å². The van der Waals surface area contributed by atoms with E-state index in [0.29, 0.717) is 0 Å². The number of hydrogen-bond donors (Lipinski definition) is 5. The van der Waals surface area contributed by atoms with Crippen LogP contribution in [-0.4, -0.2) is 61.6 Å². The van der Waals surface area contributed by atoms with E-state index in [1.165, 1.54) is 12.3 Å². The van der Waals surface area contributed by atoms with Gasteiger partial charge in [0, 0.05) is 6.20 Å². The number of rotatable bonds is 4. The summed E-state index contributed by atoms with van der Waals surface area (Å²) in [5, 5.41) is 39.4. The van der Waals surface area contributed by atoms with Crippen LogP contribution in [0, 0.1) is 0 Å². The lowest BCUT2D eigenvalue weighted by molar-refractivity contribution is -0.0549. The minimum atomic E-state index is -1.34. The molecule has 0 saturated carbocycles. The second-order valence-corrected chi connectivity index (χ2v) is 4.07. The number of nitrogens with zero attached hydrogens (tertiary/aromatic N) is 2. The van der Waals surface area contributed by atoms with Crippen LogP contribution < -0.4 is 11.0 Å². The Morgan fingerprint density at radius 3 is 2.63 bits per heavy atom. The van der Waals surface area contributed by atoms with E-state index >= 15 is 0 Å². The first kappa shape index (κ1) is 13.9. The first-order chi connectivity index (χ1) is 9.08. The van der Waals surface area contributed by atoms with Crippen molar-refractivity contribution in [3.05, 3.63) is 22.7 Å². The lowest BCUT2D eigenvalue weighted by Crippen LogP contribution is -2.36. The standard InChI is InChI=1S/C10H15N3O6/c14-3-5-7(16)8(17)9(19-5)13-2-1-6(11-4-15)12-10(13)18/h1-2,5,7-9,14-17H,3-4H2,(H,11,12,18)/t5-,7-,8-,9-/m1/s1. The number of aromatic nitrogens is 2. The van der Waals surface area contributed by atoms with Gasteiger partial charge in [0.2, 0.25) is 0 Å². The summed E-state index contributed by atoms with van der Waals surface area (Å²) < 4.78 is 6.21. The van der Waals surface area contributed by atoms with Crippen molar-refractivity contribution >= 4 is 5.82 Å². The SMILES string of the molecule is O=c1nc(NCO)ccn1[C@@H]1O[C@H](CO)[C@@H](O)[C@H]1O. The van der Waals surface area contributed by atoms with Crippen molar-refractivity contribution in [2.45, 2.75) is 24.5 Å². The fourth-order valence-corrected chi connectivity index (χ4v) is 1.90. The zero-order valence-electron chi connectivity index (χ0n) is 9.88. The molecule has 2 heterocycles. The third-order valence-electron chi connectivity index (χ3n) is 2.88. The molecule has 0 radical (unpaired) electrons. The van der Waals surface area contributed by atoms with E-state index in [4.69, 9.17) is 14.9 Å². The summed E-state index contributed by atoms with van der Waals surface area (Å²) in [6, 6.07) is 1.41. The normalized spacial score (nSPS) is 30.5. The van der Waals surface area contributed by atoms with Crippen LogP contribution in [0.3, 0.4) is 0 Å². The number of aliphatic hydroxyl groups excluding tert-OH is 4. The molecule has 106 valence electrons. The summed E-state index contributed by atoms with van der Waals surface area (Å²) in [6.45, 7) is -0.842. The summed E-state index contributed by atoms with van der Waals surface area (Å²) in [7, 11) is 0. The van der Waals surface area contributed by atoms with Gasteiger partial charge in [-0.05, 0) is 6.07 Å². The molecule has 4 atom stereocenters. The zero-order valence-corrected chi connectivity index (χ0v) is 9.88. The molecule has 1 saturated heterocycles. The third kappa shape index (κ3) is 2.60. The summed E-state index contributed by atoms with van der Waals surface area (Å²) >= 11 is 0. The molecule has 1 aliphatic rings. The average Bonchev–Trinajstić information content (AvgIpc) is 2.67. The molecule has 9 heteroatoms. The molecule has 0 unspecified atom stereocenters. The molecule has 5 N–H and O–H groups in total. The molecule has 9 nitrogen and oxygen atoms in total. The molecule has 0 bridgehead atoms. The molecule has 2 rings (SSSR count). The predicted molar refractivity (Wildman–Crippen MR) is 62.2 cm³/mol. The molecule has 19 heavy (non-hydrogen) atoms. The Morgan fingerprint density at radius 2 is 2.11 bits per heavy atom. The lowest BCUT2D eigenvalue weighted by Gasteiger charge is -2.17. The lowest BCUT2D eigenvalue weighted by atomic mass is 10.1. The highest BCUT2D eigenvalue weighted by Crippen LogP contribution is 2.27. The molecule has 1 aromatic rings. The van der Waals surface area contributed by atoms with E-state index in [2.05, 4.69) is 10.3 Å². The highest BCUT2D eigenvalue weighted by molar-refractivity contribution is 5.31. The molecular formula is C10H15N3O6. The zero-order chi connectivity index (χ0) is 14.0. The Kier molecular flexibility index (Phi) is 4.12. The van der Waals surface area contributed by atoms with Gasteiger partial charge in [0.15, 0.2) is 6.23 Å². The van der Waals surface area contributed by atoms with Gasteiger partial charge < -0.3 is 30.5 Å². The topological polar surface area (TPSA) is 137 Å². The van der Waals surface area contributed by atoms with Crippen LogP contribution in [0.2, 0.25) is 0 Å². The van der Waals surface area contributed by atoms with Gasteiger partial charge in [-0.25, -0.2) is 4.79 Å². The highest BCUT2D eigenvalue weighted by Gasteiger charge is 2.43. The van der Waals surface area contributed by atoms with Crippen molar-refractivity contribution in [2.75, 3.05) is 18.7 Å². The van der Waals surface area contributed by atoms with Crippen LogP contribution in [0.1, 0.15) is 6.23 Å². The van der Waals surface area contributed by atoms with E-state index in [-0.39, 0.29) is 12.5 Å². The number of anilines is 1. The number of ether oxygens (including phenoxy) is 1. The highest BCUT2D eigenvalue weighted by atomic mass is 16.6. The smallest absolute Gasteiger partial charge is 0.351 e. The van der Waals surface area contributed by atoms with Crippen LogP contribution in [0.15, 0.2) is 17.1 Å². The van der Waals surface area contributed by atoms with Crippen molar-refractivity contribution in [1.29, 1.82) is 0 Å². The van der Waals surface area contributed by atoms with Crippen LogP contribution in [0.4, 0.5) is 5.82 Å². The molecular weight excluding hydrogens is 258 g/mol. The van der Waals surface area contributed by atoms with E-state index < -0.39 is 36.8 Å². The molecule has 0 aliphatic carbocycles. The van der Waals surface area contributed by atoms with Gasteiger partial charge in [0.25, 0.3) is 0 Å². The van der Waals surface area contributed by atoms with E-state index in [0.717, 1.165) is 4.57 Å². The van der Waals surface area contributed by atoms with Gasteiger partial charge >= 0.3 is 5.69 Å². The Balaban J connectivity index is 2.25. The minimum Gasteiger partial charge on any atom is -0.394 e. The number of hydrogen-bond acceptors (Lipinski definition) is 8. The average molecular weight is 273 g/mol. The molecule has 0 amide bonds. The maximum atomic E-state index is 11.7.